The Kier molecular flexibility index (Phi) is 5.91. The fourth-order valence-electron chi connectivity index (χ4n) is 7.90. The maximum atomic E-state index is 7.94. The molecule has 0 atom stereocenters. The predicted molar refractivity (Wildman–Crippen MR) is 191 cm³/mol. The van der Waals surface area contributed by atoms with Crippen LogP contribution in [0.4, 0.5) is 17.1 Å². The van der Waals surface area contributed by atoms with E-state index in [1.807, 2.05) is 18.2 Å². The maximum Gasteiger partial charge on any atom is 0.0754 e. The fourth-order valence-corrected chi connectivity index (χ4v) is 7.90. The Bertz CT molecular complexity index is 2250. The number of hydrogen-bond acceptors (Lipinski definition) is 2. The van der Waals surface area contributed by atoms with Gasteiger partial charge in [0.05, 0.1) is 16.8 Å². The van der Waals surface area contributed by atoms with Gasteiger partial charge in [-0.2, -0.15) is 0 Å². The van der Waals surface area contributed by atoms with Gasteiger partial charge < -0.3 is 10.3 Å². The van der Waals surface area contributed by atoms with Crippen molar-refractivity contribution >= 4 is 23.3 Å². The monoisotopic (exact) mass is 586 g/mol. The van der Waals surface area contributed by atoms with E-state index in [1.54, 1.807) is 0 Å². The molecule has 0 bridgehead atoms. The van der Waals surface area contributed by atoms with E-state index in [1.165, 1.54) is 62.1 Å². The fraction of sp³-hybridized carbons (Fsp3) is 0.0227. The Balaban J connectivity index is 1.29. The number of nitrogens with zero attached hydrogens (tertiary/aromatic N) is 1. The lowest BCUT2D eigenvalue weighted by atomic mass is 9.64. The molecule has 0 saturated carbocycles. The zero-order valence-corrected chi connectivity index (χ0v) is 25.2. The van der Waals surface area contributed by atoms with Crippen LogP contribution >= 0.6 is 0 Å². The minimum absolute atomic E-state index is 0.451. The third-order valence-electron chi connectivity index (χ3n) is 9.78. The van der Waals surface area contributed by atoms with Crippen LogP contribution in [0, 0.1) is 5.41 Å². The van der Waals surface area contributed by atoms with Crippen molar-refractivity contribution in [2.45, 2.75) is 5.41 Å². The van der Waals surface area contributed by atoms with E-state index in [9.17, 15) is 0 Å². The molecule has 7 aromatic rings. The number of nitrogens with one attached hydrogen (secondary N) is 1. The Morgan fingerprint density at radius 2 is 0.978 bits per heavy atom. The highest BCUT2D eigenvalue weighted by Gasteiger charge is 2.51. The summed E-state index contributed by atoms with van der Waals surface area (Å²) in [6.45, 7) is 0. The molecule has 0 fully saturated rings. The first kappa shape index (κ1) is 26.4. The van der Waals surface area contributed by atoms with Gasteiger partial charge in [0.25, 0.3) is 0 Å². The second-order valence-electron chi connectivity index (χ2n) is 12.1. The zero-order chi connectivity index (χ0) is 30.7. The average Bonchev–Trinajstić information content (AvgIpc) is 3.42. The summed E-state index contributed by atoms with van der Waals surface area (Å²) in [6, 6.07) is 61.4. The molecular formula is C44H30N2. The Morgan fingerprint density at radius 3 is 1.72 bits per heavy atom. The SMILES string of the molecule is N=Cc1ccccc1-c1cccc(-c2ccc3c(c2)-c2ccccc2C32c3ccccc3N(c3ccccc3)c3ccccc32)c1. The molecule has 0 aromatic heterocycles. The zero-order valence-electron chi connectivity index (χ0n) is 25.2. The predicted octanol–water partition coefficient (Wildman–Crippen LogP) is 11.2. The smallest absolute Gasteiger partial charge is 0.0754 e. The highest BCUT2D eigenvalue weighted by Crippen LogP contribution is 2.63. The third kappa shape index (κ3) is 3.68. The first-order valence-corrected chi connectivity index (χ1v) is 15.8. The number of rotatable bonds is 4. The van der Waals surface area contributed by atoms with Crippen LogP contribution in [0.25, 0.3) is 33.4 Å². The van der Waals surface area contributed by atoms with Crippen LogP contribution in [-0.2, 0) is 5.41 Å². The van der Waals surface area contributed by atoms with Gasteiger partial charge in [0.15, 0.2) is 0 Å². The second kappa shape index (κ2) is 10.3. The van der Waals surface area contributed by atoms with E-state index in [4.69, 9.17) is 5.41 Å². The molecule has 2 heteroatoms. The Morgan fingerprint density at radius 1 is 0.413 bits per heavy atom. The van der Waals surface area contributed by atoms with Gasteiger partial charge in [-0.3, -0.25) is 0 Å². The van der Waals surface area contributed by atoms with Crippen LogP contribution in [0.3, 0.4) is 0 Å². The Hall–Kier alpha value is -5.99. The summed E-state index contributed by atoms with van der Waals surface area (Å²) in [4.78, 5) is 2.42. The van der Waals surface area contributed by atoms with Gasteiger partial charge in [-0.05, 0) is 97.6 Å². The van der Waals surface area contributed by atoms with Gasteiger partial charge in [-0.15, -0.1) is 0 Å². The normalized spacial score (nSPS) is 13.4. The topological polar surface area (TPSA) is 27.1 Å². The molecule has 0 amide bonds. The minimum atomic E-state index is -0.451. The molecule has 216 valence electrons. The molecule has 1 N–H and O–H groups in total. The summed E-state index contributed by atoms with van der Waals surface area (Å²) in [5.41, 5.74) is 16.4. The van der Waals surface area contributed by atoms with Gasteiger partial charge in [0, 0.05) is 11.9 Å². The van der Waals surface area contributed by atoms with Crippen LogP contribution in [0.2, 0.25) is 0 Å². The van der Waals surface area contributed by atoms with E-state index >= 15 is 0 Å². The van der Waals surface area contributed by atoms with Crippen molar-refractivity contribution in [3.63, 3.8) is 0 Å². The standard InChI is InChI=1S/C44H30N2/c45-29-33-13-4-5-18-35(33)32-15-12-14-30(27-32)31-25-26-39-37(28-31)36-19-6-7-20-38(36)44(39)40-21-8-10-23-42(40)46(34-16-2-1-3-17-34)43-24-11-9-22-41(43)44/h1-29,45H. The van der Waals surface area contributed by atoms with E-state index in [2.05, 4.69) is 157 Å². The molecule has 1 aliphatic heterocycles. The van der Waals surface area contributed by atoms with Crippen molar-refractivity contribution in [3.8, 4) is 33.4 Å². The summed E-state index contributed by atoms with van der Waals surface area (Å²) in [5, 5.41) is 7.94. The van der Waals surface area contributed by atoms with Crippen LogP contribution in [-0.4, -0.2) is 6.21 Å². The number of para-hydroxylation sites is 3. The average molecular weight is 587 g/mol. The molecule has 0 unspecified atom stereocenters. The first-order chi connectivity index (χ1) is 22.8. The lowest BCUT2D eigenvalue weighted by Crippen LogP contribution is -2.36. The van der Waals surface area contributed by atoms with Crippen LogP contribution < -0.4 is 4.90 Å². The van der Waals surface area contributed by atoms with Gasteiger partial charge >= 0.3 is 0 Å². The van der Waals surface area contributed by atoms with Crippen LogP contribution in [0.1, 0.15) is 27.8 Å². The molecule has 7 aromatic carbocycles. The van der Waals surface area contributed by atoms with E-state index in [0.717, 1.165) is 22.4 Å². The molecule has 2 nitrogen and oxygen atoms in total. The number of anilines is 3. The summed E-state index contributed by atoms with van der Waals surface area (Å²) < 4.78 is 0. The highest BCUT2D eigenvalue weighted by molar-refractivity contribution is 5.97. The summed E-state index contributed by atoms with van der Waals surface area (Å²) in [6.07, 6.45) is 1.44. The minimum Gasteiger partial charge on any atom is -0.310 e. The highest BCUT2D eigenvalue weighted by atomic mass is 15.2. The van der Waals surface area contributed by atoms with Gasteiger partial charge in [0.2, 0.25) is 0 Å². The molecule has 9 rings (SSSR count). The Labute approximate surface area is 269 Å². The van der Waals surface area contributed by atoms with Crippen molar-refractivity contribution in [2.24, 2.45) is 0 Å². The first-order valence-electron chi connectivity index (χ1n) is 15.8. The summed E-state index contributed by atoms with van der Waals surface area (Å²) >= 11 is 0. The molecule has 0 radical (unpaired) electrons. The summed E-state index contributed by atoms with van der Waals surface area (Å²) in [5.74, 6) is 0. The lowest BCUT2D eigenvalue weighted by molar-refractivity contribution is 0.753. The van der Waals surface area contributed by atoms with E-state index in [0.29, 0.717) is 0 Å². The van der Waals surface area contributed by atoms with Crippen molar-refractivity contribution in [1.29, 1.82) is 5.41 Å². The molecule has 1 spiro atoms. The van der Waals surface area contributed by atoms with Crippen molar-refractivity contribution in [3.05, 3.63) is 198 Å². The van der Waals surface area contributed by atoms with Crippen molar-refractivity contribution in [2.75, 3.05) is 4.90 Å². The maximum absolute atomic E-state index is 7.94. The van der Waals surface area contributed by atoms with Crippen LogP contribution in [0.15, 0.2) is 170 Å². The molecule has 2 aliphatic rings. The van der Waals surface area contributed by atoms with E-state index < -0.39 is 5.41 Å². The molecule has 46 heavy (non-hydrogen) atoms. The van der Waals surface area contributed by atoms with Crippen LogP contribution in [0.5, 0.6) is 0 Å². The van der Waals surface area contributed by atoms with Gasteiger partial charge in [0.1, 0.15) is 0 Å². The number of hydrogen-bond donors (Lipinski definition) is 1. The quantitative estimate of drug-likeness (QED) is 0.204. The third-order valence-corrected chi connectivity index (χ3v) is 9.78. The number of benzene rings is 7. The largest absolute Gasteiger partial charge is 0.310 e. The molecular weight excluding hydrogens is 556 g/mol. The molecule has 0 saturated heterocycles. The lowest BCUT2D eigenvalue weighted by Gasteiger charge is -2.45. The second-order valence-corrected chi connectivity index (χ2v) is 12.1. The van der Waals surface area contributed by atoms with Crippen molar-refractivity contribution in [1.82, 2.24) is 0 Å². The van der Waals surface area contributed by atoms with Gasteiger partial charge in [-0.25, -0.2) is 0 Å². The van der Waals surface area contributed by atoms with Gasteiger partial charge in [-0.1, -0.05) is 133 Å². The molecule has 1 aliphatic carbocycles. The summed E-state index contributed by atoms with van der Waals surface area (Å²) in [7, 11) is 0. The van der Waals surface area contributed by atoms with E-state index in [-0.39, 0.29) is 0 Å². The molecule has 1 heterocycles. The number of fused-ring (bicyclic) bond motifs is 9. The van der Waals surface area contributed by atoms with Crippen molar-refractivity contribution < 1.29 is 0 Å².